The standard InChI is InChI=1S/C19H23N3O2/c1-2-3-7-11-21-18(23)16-10-12-20-17(13-16)19(24)22-14-15-8-5-4-6-9-15/h4-6,8-10,12-13H,2-3,7,11,14H2,1H3,(H,21,23)(H,22,24). The van der Waals surface area contributed by atoms with E-state index in [9.17, 15) is 9.59 Å². The van der Waals surface area contributed by atoms with Gasteiger partial charge >= 0.3 is 0 Å². The predicted molar refractivity (Wildman–Crippen MR) is 93.7 cm³/mol. The Morgan fingerprint density at radius 1 is 1.00 bits per heavy atom. The molecule has 0 atom stereocenters. The Hall–Kier alpha value is -2.69. The zero-order valence-electron chi connectivity index (χ0n) is 13.9. The maximum atomic E-state index is 12.2. The van der Waals surface area contributed by atoms with Gasteiger partial charge in [-0.05, 0) is 24.1 Å². The summed E-state index contributed by atoms with van der Waals surface area (Å²) in [5.41, 5.74) is 1.70. The lowest BCUT2D eigenvalue weighted by Crippen LogP contribution is -2.26. The highest BCUT2D eigenvalue weighted by atomic mass is 16.2. The first-order valence-corrected chi connectivity index (χ1v) is 8.27. The SMILES string of the molecule is CCCCCNC(=O)c1ccnc(C(=O)NCc2ccccc2)c1. The van der Waals surface area contributed by atoms with E-state index >= 15 is 0 Å². The molecule has 5 nitrogen and oxygen atoms in total. The average molecular weight is 325 g/mol. The van der Waals surface area contributed by atoms with E-state index in [1.54, 1.807) is 6.07 Å². The summed E-state index contributed by atoms with van der Waals surface area (Å²) in [6.45, 7) is 3.18. The number of nitrogens with zero attached hydrogens (tertiary/aromatic N) is 1. The number of carbonyl (C=O) groups excluding carboxylic acids is 2. The van der Waals surface area contributed by atoms with Crippen LogP contribution in [0.5, 0.6) is 0 Å². The summed E-state index contributed by atoms with van der Waals surface area (Å²) in [6.07, 6.45) is 4.64. The van der Waals surface area contributed by atoms with Gasteiger partial charge in [-0.1, -0.05) is 50.1 Å². The summed E-state index contributed by atoms with van der Waals surface area (Å²) in [7, 11) is 0. The summed E-state index contributed by atoms with van der Waals surface area (Å²) in [5.74, 6) is -0.468. The van der Waals surface area contributed by atoms with Crippen molar-refractivity contribution < 1.29 is 9.59 Å². The highest BCUT2D eigenvalue weighted by Gasteiger charge is 2.11. The van der Waals surface area contributed by atoms with Gasteiger partial charge in [0, 0.05) is 24.8 Å². The van der Waals surface area contributed by atoms with Crippen LogP contribution in [0.15, 0.2) is 48.7 Å². The summed E-state index contributed by atoms with van der Waals surface area (Å²) in [5, 5.41) is 5.67. The van der Waals surface area contributed by atoms with Crippen LogP contribution in [0.2, 0.25) is 0 Å². The van der Waals surface area contributed by atoms with Crippen LogP contribution in [0.1, 0.15) is 52.6 Å². The molecule has 0 radical (unpaired) electrons. The van der Waals surface area contributed by atoms with Gasteiger partial charge in [-0.25, -0.2) is 0 Å². The van der Waals surface area contributed by atoms with Crippen LogP contribution in [0.25, 0.3) is 0 Å². The Bertz CT molecular complexity index is 671. The van der Waals surface area contributed by atoms with E-state index in [0.717, 1.165) is 24.8 Å². The Morgan fingerprint density at radius 2 is 1.79 bits per heavy atom. The van der Waals surface area contributed by atoms with Gasteiger partial charge in [-0.2, -0.15) is 0 Å². The van der Waals surface area contributed by atoms with Gasteiger partial charge in [-0.15, -0.1) is 0 Å². The second-order valence-corrected chi connectivity index (χ2v) is 5.56. The fraction of sp³-hybridized carbons (Fsp3) is 0.316. The molecule has 1 aromatic heterocycles. The first kappa shape index (κ1) is 17.7. The second-order valence-electron chi connectivity index (χ2n) is 5.56. The molecule has 1 heterocycles. The zero-order valence-corrected chi connectivity index (χ0v) is 13.9. The molecule has 24 heavy (non-hydrogen) atoms. The number of nitrogens with one attached hydrogen (secondary N) is 2. The number of hydrogen-bond acceptors (Lipinski definition) is 3. The average Bonchev–Trinajstić information content (AvgIpc) is 2.64. The van der Waals surface area contributed by atoms with Crippen LogP contribution in [0, 0.1) is 0 Å². The number of aromatic nitrogens is 1. The molecule has 0 aliphatic heterocycles. The van der Waals surface area contributed by atoms with Crippen molar-refractivity contribution in [1.29, 1.82) is 0 Å². The molecule has 2 N–H and O–H groups in total. The molecule has 2 rings (SSSR count). The molecule has 0 bridgehead atoms. The van der Waals surface area contributed by atoms with E-state index in [1.165, 1.54) is 12.3 Å². The number of amides is 2. The highest BCUT2D eigenvalue weighted by Crippen LogP contribution is 2.04. The van der Waals surface area contributed by atoms with E-state index in [-0.39, 0.29) is 17.5 Å². The molecule has 2 amide bonds. The van der Waals surface area contributed by atoms with Gasteiger partial charge in [0.25, 0.3) is 11.8 Å². The van der Waals surface area contributed by atoms with Gasteiger partial charge in [0.2, 0.25) is 0 Å². The van der Waals surface area contributed by atoms with Gasteiger partial charge in [0.1, 0.15) is 5.69 Å². The highest BCUT2D eigenvalue weighted by molar-refractivity contribution is 5.98. The van der Waals surface area contributed by atoms with E-state index in [0.29, 0.717) is 18.7 Å². The van der Waals surface area contributed by atoms with Crippen LogP contribution in [0.4, 0.5) is 0 Å². The minimum absolute atomic E-state index is 0.175. The lowest BCUT2D eigenvalue weighted by atomic mass is 10.2. The molecule has 0 aliphatic carbocycles. The van der Waals surface area contributed by atoms with Crippen molar-refractivity contribution in [2.45, 2.75) is 32.7 Å². The monoisotopic (exact) mass is 325 g/mol. The van der Waals surface area contributed by atoms with Crippen molar-refractivity contribution in [2.24, 2.45) is 0 Å². The Labute approximate surface area is 142 Å². The molecule has 0 spiro atoms. The van der Waals surface area contributed by atoms with Crippen molar-refractivity contribution in [3.05, 3.63) is 65.5 Å². The lowest BCUT2D eigenvalue weighted by molar-refractivity contribution is 0.0946. The maximum absolute atomic E-state index is 12.2. The van der Waals surface area contributed by atoms with Crippen LogP contribution in [-0.2, 0) is 6.54 Å². The molecule has 0 saturated heterocycles. The molecule has 2 aromatic rings. The summed E-state index contributed by atoms with van der Waals surface area (Å²) in [4.78, 5) is 28.3. The van der Waals surface area contributed by atoms with Crippen molar-refractivity contribution in [2.75, 3.05) is 6.54 Å². The van der Waals surface area contributed by atoms with Gasteiger partial charge in [0.05, 0.1) is 0 Å². The molecule has 0 aliphatic rings. The molecule has 0 saturated carbocycles. The third-order valence-corrected chi connectivity index (χ3v) is 3.62. The van der Waals surface area contributed by atoms with Crippen LogP contribution in [-0.4, -0.2) is 23.3 Å². The topological polar surface area (TPSA) is 71.1 Å². The van der Waals surface area contributed by atoms with E-state index < -0.39 is 0 Å². The molecule has 0 fully saturated rings. The Balaban J connectivity index is 1.91. The summed E-state index contributed by atoms with van der Waals surface area (Å²) in [6, 6.07) is 12.8. The van der Waals surface area contributed by atoms with Gasteiger partial charge in [0.15, 0.2) is 0 Å². The Kier molecular flexibility index (Phi) is 6.95. The molecule has 5 heteroatoms. The van der Waals surface area contributed by atoms with Gasteiger partial charge in [-0.3, -0.25) is 14.6 Å². The van der Waals surface area contributed by atoms with E-state index in [4.69, 9.17) is 0 Å². The summed E-state index contributed by atoms with van der Waals surface area (Å²) < 4.78 is 0. The molecule has 1 aromatic carbocycles. The number of benzene rings is 1. The van der Waals surface area contributed by atoms with Crippen LogP contribution < -0.4 is 10.6 Å². The number of pyridine rings is 1. The third kappa shape index (κ3) is 5.50. The lowest BCUT2D eigenvalue weighted by Gasteiger charge is -2.07. The predicted octanol–water partition coefficient (Wildman–Crippen LogP) is 2.93. The number of unbranched alkanes of at least 4 members (excludes halogenated alkanes) is 2. The molecular formula is C19H23N3O2. The Morgan fingerprint density at radius 3 is 2.54 bits per heavy atom. The van der Waals surface area contributed by atoms with E-state index in [2.05, 4.69) is 22.5 Å². The second kappa shape index (κ2) is 9.45. The van der Waals surface area contributed by atoms with Crippen molar-refractivity contribution >= 4 is 11.8 Å². The zero-order chi connectivity index (χ0) is 17.2. The van der Waals surface area contributed by atoms with Crippen LogP contribution in [0.3, 0.4) is 0 Å². The normalized spacial score (nSPS) is 10.2. The minimum Gasteiger partial charge on any atom is -0.352 e. The molecule has 126 valence electrons. The fourth-order valence-corrected chi connectivity index (χ4v) is 2.24. The van der Waals surface area contributed by atoms with Crippen molar-refractivity contribution in [1.82, 2.24) is 15.6 Å². The number of carbonyl (C=O) groups is 2. The third-order valence-electron chi connectivity index (χ3n) is 3.62. The fourth-order valence-electron chi connectivity index (χ4n) is 2.24. The van der Waals surface area contributed by atoms with Crippen LogP contribution >= 0.6 is 0 Å². The first-order chi connectivity index (χ1) is 11.7. The van der Waals surface area contributed by atoms with Crippen molar-refractivity contribution in [3.8, 4) is 0 Å². The molecular weight excluding hydrogens is 302 g/mol. The van der Waals surface area contributed by atoms with Gasteiger partial charge < -0.3 is 10.6 Å². The number of rotatable bonds is 8. The quantitative estimate of drug-likeness (QED) is 0.733. The molecule has 0 unspecified atom stereocenters. The maximum Gasteiger partial charge on any atom is 0.270 e. The first-order valence-electron chi connectivity index (χ1n) is 8.27. The van der Waals surface area contributed by atoms with E-state index in [1.807, 2.05) is 30.3 Å². The largest absolute Gasteiger partial charge is 0.352 e. The minimum atomic E-state index is -0.292. The van der Waals surface area contributed by atoms with Crippen molar-refractivity contribution in [3.63, 3.8) is 0 Å². The number of hydrogen-bond donors (Lipinski definition) is 2. The smallest absolute Gasteiger partial charge is 0.270 e. The summed E-state index contributed by atoms with van der Waals surface area (Å²) >= 11 is 0.